The first-order valence-electron chi connectivity index (χ1n) is 9.53. The first-order chi connectivity index (χ1) is 13.3. The number of fused-ring (bicyclic) bond motifs is 1. The Balaban J connectivity index is 1.85. The number of rotatable bonds is 5. The number of urea groups is 1. The van der Waals surface area contributed by atoms with Gasteiger partial charge in [0.05, 0.1) is 17.2 Å². The van der Waals surface area contributed by atoms with Crippen LogP contribution < -0.4 is 5.32 Å². The SMILES string of the molecule is C=C1CCC(N2C(=O)c3cccc(CN(C)C(=O)NCCC)c3C2=O)C(=O)C1. The van der Waals surface area contributed by atoms with Gasteiger partial charge in [0.15, 0.2) is 5.78 Å². The number of benzene rings is 1. The predicted molar refractivity (Wildman–Crippen MR) is 104 cm³/mol. The second kappa shape index (κ2) is 7.96. The largest absolute Gasteiger partial charge is 0.338 e. The minimum atomic E-state index is -0.740. The highest BCUT2D eigenvalue weighted by Crippen LogP contribution is 2.32. The van der Waals surface area contributed by atoms with Crippen LogP contribution in [0, 0.1) is 0 Å². The van der Waals surface area contributed by atoms with Crippen LogP contribution in [-0.4, -0.2) is 53.1 Å². The van der Waals surface area contributed by atoms with E-state index in [1.54, 1.807) is 25.2 Å². The summed E-state index contributed by atoms with van der Waals surface area (Å²) in [5, 5.41) is 2.78. The predicted octanol–water partition coefficient (Wildman–Crippen LogP) is 2.51. The Kier molecular flexibility index (Phi) is 5.63. The van der Waals surface area contributed by atoms with Crippen LogP contribution in [0.5, 0.6) is 0 Å². The second-order valence-electron chi connectivity index (χ2n) is 7.36. The maximum Gasteiger partial charge on any atom is 0.317 e. The molecule has 1 aliphatic carbocycles. The molecule has 1 aromatic carbocycles. The number of nitrogens with one attached hydrogen (secondary N) is 1. The van der Waals surface area contributed by atoms with Crippen LogP contribution in [0.1, 0.15) is 58.9 Å². The third-order valence-electron chi connectivity index (χ3n) is 5.19. The van der Waals surface area contributed by atoms with E-state index in [4.69, 9.17) is 0 Å². The van der Waals surface area contributed by atoms with Crippen LogP contribution >= 0.6 is 0 Å². The Hall–Kier alpha value is -2.96. The lowest BCUT2D eigenvalue weighted by Gasteiger charge is -2.29. The van der Waals surface area contributed by atoms with Crippen molar-refractivity contribution in [3.05, 3.63) is 47.0 Å². The number of allylic oxidation sites excluding steroid dienone is 1. The van der Waals surface area contributed by atoms with Crippen molar-refractivity contribution in [2.75, 3.05) is 13.6 Å². The third-order valence-corrected chi connectivity index (χ3v) is 5.19. The summed E-state index contributed by atoms with van der Waals surface area (Å²) in [5.74, 6) is -1.04. The topological polar surface area (TPSA) is 86.8 Å². The maximum atomic E-state index is 13.1. The molecule has 148 valence electrons. The molecule has 7 nitrogen and oxygen atoms in total. The molecule has 1 heterocycles. The minimum absolute atomic E-state index is 0.150. The van der Waals surface area contributed by atoms with Gasteiger partial charge in [-0.3, -0.25) is 19.3 Å². The van der Waals surface area contributed by atoms with Gasteiger partial charge in [0, 0.05) is 26.6 Å². The number of nitrogens with zero attached hydrogens (tertiary/aromatic N) is 2. The Labute approximate surface area is 164 Å². The molecule has 2 aliphatic rings. The van der Waals surface area contributed by atoms with Crippen molar-refractivity contribution >= 4 is 23.6 Å². The molecule has 1 aromatic rings. The van der Waals surface area contributed by atoms with Gasteiger partial charge >= 0.3 is 6.03 Å². The molecule has 1 unspecified atom stereocenters. The van der Waals surface area contributed by atoms with Crippen LogP contribution in [0.4, 0.5) is 4.79 Å². The lowest BCUT2D eigenvalue weighted by atomic mass is 9.89. The summed E-state index contributed by atoms with van der Waals surface area (Å²) < 4.78 is 0. The normalized spacial score (nSPS) is 19.1. The third kappa shape index (κ3) is 3.56. The van der Waals surface area contributed by atoms with Gasteiger partial charge in [0.25, 0.3) is 11.8 Å². The zero-order chi connectivity index (χ0) is 20.4. The Morgan fingerprint density at radius 1 is 1.29 bits per heavy atom. The van der Waals surface area contributed by atoms with E-state index >= 15 is 0 Å². The van der Waals surface area contributed by atoms with Crippen molar-refractivity contribution in [3.8, 4) is 0 Å². The van der Waals surface area contributed by atoms with Crippen molar-refractivity contribution in [1.29, 1.82) is 0 Å². The molecule has 1 fully saturated rings. The minimum Gasteiger partial charge on any atom is -0.338 e. The molecule has 0 radical (unpaired) electrons. The van der Waals surface area contributed by atoms with Gasteiger partial charge < -0.3 is 10.2 Å². The van der Waals surface area contributed by atoms with Crippen molar-refractivity contribution in [2.24, 2.45) is 0 Å². The first kappa shape index (κ1) is 19.8. The summed E-state index contributed by atoms with van der Waals surface area (Å²) in [6.07, 6.45) is 2.06. The van der Waals surface area contributed by atoms with Crippen LogP contribution in [0.3, 0.4) is 0 Å². The van der Waals surface area contributed by atoms with E-state index in [9.17, 15) is 19.2 Å². The molecule has 28 heavy (non-hydrogen) atoms. The lowest BCUT2D eigenvalue weighted by Crippen LogP contribution is -2.46. The van der Waals surface area contributed by atoms with Crippen molar-refractivity contribution in [1.82, 2.24) is 15.1 Å². The molecule has 7 heteroatoms. The second-order valence-corrected chi connectivity index (χ2v) is 7.36. The fourth-order valence-electron chi connectivity index (χ4n) is 3.71. The average Bonchev–Trinajstić information content (AvgIpc) is 2.91. The molecular formula is C21H25N3O4. The number of amides is 4. The average molecular weight is 383 g/mol. The summed E-state index contributed by atoms with van der Waals surface area (Å²) in [7, 11) is 1.64. The molecular weight excluding hydrogens is 358 g/mol. The highest BCUT2D eigenvalue weighted by Gasteiger charge is 2.44. The molecule has 4 amide bonds. The summed E-state index contributed by atoms with van der Waals surface area (Å²) >= 11 is 0. The molecule has 1 saturated carbocycles. The van der Waals surface area contributed by atoms with Crippen molar-refractivity contribution in [2.45, 2.75) is 45.2 Å². The smallest absolute Gasteiger partial charge is 0.317 e. The molecule has 1 aliphatic heterocycles. The van der Waals surface area contributed by atoms with Crippen LogP contribution in [0.2, 0.25) is 0 Å². The number of carbonyl (C=O) groups excluding carboxylic acids is 4. The van der Waals surface area contributed by atoms with Gasteiger partial charge in [-0.25, -0.2) is 4.79 Å². The summed E-state index contributed by atoms with van der Waals surface area (Å²) in [6, 6.07) is 4.06. The van der Waals surface area contributed by atoms with Gasteiger partial charge in [-0.15, -0.1) is 0 Å². The molecule has 0 bridgehead atoms. The van der Waals surface area contributed by atoms with Crippen LogP contribution in [0.15, 0.2) is 30.4 Å². The van der Waals surface area contributed by atoms with Crippen molar-refractivity contribution in [3.63, 3.8) is 0 Å². The fraction of sp³-hybridized carbons (Fsp3) is 0.429. The summed E-state index contributed by atoms with van der Waals surface area (Å²) in [5.41, 5.74) is 2.01. The lowest BCUT2D eigenvalue weighted by molar-refractivity contribution is -0.123. The van der Waals surface area contributed by atoms with E-state index in [0.29, 0.717) is 36.1 Å². The van der Waals surface area contributed by atoms with Crippen LogP contribution in [0.25, 0.3) is 0 Å². The number of imide groups is 1. The number of hydrogen-bond donors (Lipinski definition) is 1. The first-order valence-corrected chi connectivity index (χ1v) is 9.53. The Morgan fingerprint density at radius 3 is 2.71 bits per heavy atom. The fourth-order valence-corrected chi connectivity index (χ4v) is 3.71. The maximum absolute atomic E-state index is 13.1. The molecule has 0 saturated heterocycles. The van der Waals surface area contributed by atoms with E-state index in [1.165, 1.54) is 4.90 Å². The van der Waals surface area contributed by atoms with E-state index in [1.807, 2.05) is 6.92 Å². The van der Waals surface area contributed by atoms with Gasteiger partial charge in [0.1, 0.15) is 0 Å². The summed E-state index contributed by atoms with van der Waals surface area (Å²) in [6.45, 7) is 6.56. The Bertz CT molecular complexity index is 861. The number of hydrogen-bond acceptors (Lipinski definition) is 4. The highest BCUT2D eigenvalue weighted by molar-refractivity contribution is 6.23. The zero-order valence-corrected chi connectivity index (χ0v) is 16.3. The highest BCUT2D eigenvalue weighted by atomic mass is 16.2. The van der Waals surface area contributed by atoms with Crippen molar-refractivity contribution < 1.29 is 19.2 Å². The van der Waals surface area contributed by atoms with Gasteiger partial charge in [0.2, 0.25) is 0 Å². The van der Waals surface area contributed by atoms with Gasteiger partial charge in [-0.2, -0.15) is 0 Å². The van der Waals surface area contributed by atoms with E-state index in [-0.39, 0.29) is 24.8 Å². The number of Topliss-reactive ketones (excluding diaryl/α,β-unsaturated/α-hetero) is 1. The van der Waals surface area contributed by atoms with Crippen LogP contribution in [-0.2, 0) is 11.3 Å². The molecule has 1 atom stereocenters. The van der Waals surface area contributed by atoms with E-state index in [2.05, 4.69) is 11.9 Å². The van der Waals surface area contributed by atoms with Gasteiger partial charge in [-0.05, 0) is 30.9 Å². The molecule has 0 aromatic heterocycles. The summed E-state index contributed by atoms with van der Waals surface area (Å²) in [4.78, 5) is 53.1. The van der Waals surface area contributed by atoms with E-state index in [0.717, 1.165) is 16.9 Å². The Morgan fingerprint density at radius 2 is 2.04 bits per heavy atom. The van der Waals surface area contributed by atoms with Gasteiger partial charge in [-0.1, -0.05) is 31.2 Å². The number of ketones is 1. The standard InChI is InChI=1S/C21H25N3O4/c1-4-10-22-21(28)23(3)12-14-6-5-7-15-18(14)20(27)24(19(15)26)16-9-8-13(2)11-17(16)25/h5-7,16H,2,4,8-12H2,1,3H3,(H,22,28). The molecule has 3 rings (SSSR count). The quantitative estimate of drug-likeness (QED) is 0.625. The van der Waals surface area contributed by atoms with E-state index < -0.39 is 17.9 Å². The number of carbonyl (C=O) groups is 4. The monoisotopic (exact) mass is 383 g/mol. The molecule has 0 spiro atoms. The zero-order valence-electron chi connectivity index (χ0n) is 16.3. The molecule has 1 N–H and O–H groups in total.